The molecule has 2 aromatic rings. The molecule has 0 aromatic heterocycles. The average molecular weight is 379 g/mol. The lowest BCUT2D eigenvalue weighted by Gasteiger charge is -2.25. The van der Waals surface area contributed by atoms with Crippen LogP contribution < -0.4 is 5.32 Å². The standard InChI is InChI=1S/C19H20ClFN2OS/c1-12(2)13-3-5-14(6-4-13)18-23(9-10-25-18)19(24)22-15-7-8-17(21)16(20)11-15/h3-8,11-12,18H,9-10H2,1-2H3,(H,22,24). The van der Waals surface area contributed by atoms with Crippen LogP contribution in [0.5, 0.6) is 0 Å². The van der Waals surface area contributed by atoms with Gasteiger partial charge in [0.05, 0.1) is 5.02 Å². The Morgan fingerprint density at radius 2 is 2.00 bits per heavy atom. The van der Waals surface area contributed by atoms with Crippen LogP contribution in [-0.4, -0.2) is 23.2 Å². The number of nitrogens with one attached hydrogen (secondary N) is 1. The van der Waals surface area contributed by atoms with Crippen molar-refractivity contribution < 1.29 is 9.18 Å². The van der Waals surface area contributed by atoms with Crippen molar-refractivity contribution in [1.82, 2.24) is 4.90 Å². The Morgan fingerprint density at radius 1 is 1.28 bits per heavy atom. The van der Waals surface area contributed by atoms with E-state index in [1.165, 1.54) is 23.8 Å². The molecular formula is C19H20ClFN2OS. The van der Waals surface area contributed by atoms with Crippen LogP contribution in [-0.2, 0) is 0 Å². The van der Waals surface area contributed by atoms with E-state index in [1.54, 1.807) is 16.7 Å². The van der Waals surface area contributed by atoms with Gasteiger partial charge in [0.25, 0.3) is 0 Å². The number of hydrogen-bond donors (Lipinski definition) is 1. The van der Waals surface area contributed by atoms with Crippen LogP contribution in [0.3, 0.4) is 0 Å². The highest BCUT2D eigenvalue weighted by molar-refractivity contribution is 7.99. The van der Waals surface area contributed by atoms with Gasteiger partial charge in [-0.15, -0.1) is 11.8 Å². The van der Waals surface area contributed by atoms with E-state index < -0.39 is 5.82 Å². The molecule has 0 saturated carbocycles. The second-order valence-corrected chi connectivity index (χ2v) is 7.89. The summed E-state index contributed by atoms with van der Waals surface area (Å²) in [5, 5.41) is 2.78. The molecule has 0 radical (unpaired) electrons. The van der Waals surface area contributed by atoms with Crippen LogP contribution in [0.1, 0.15) is 36.3 Å². The number of thioether (sulfide) groups is 1. The van der Waals surface area contributed by atoms with E-state index in [2.05, 4.69) is 43.4 Å². The molecule has 2 amide bonds. The van der Waals surface area contributed by atoms with Gasteiger partial charge in [-0.05, 0) is 35.2 Å². The molecule has 2 aromatic carbocycles. The quantitative estimate of drug-likeness (QED) is 0.723. The third kappa shape index (κ3) is 4.10. The van der Waals surface area contributed by atoms with Crippen LogP contribution in [0.15, 0.2) is 42.5 Å². The summed E-state index contributed by atoms with van der Waals surface area (Å²) >= 11 is 7.52. The Balaban J connectivity index is 1.74. The largest absolute Gasteiger partial charge is 0.323 e. The number of halogens is 2. The molecule has 0 bridgehead atoms. The van der Waals surface area contributed by atoms with Gasteiger partial charge in [0.1, 0.15) is 11.2 Å². The molecule has 0 spiro atoms. The smallest absolute Gasteiger partial charge is 0.308 e. The molecular weight excluding hydrogens is 359 g/mol. The minimum absolute atomic E-state index is 0.00517. The van der Waals surface area contributed by atoms with Gasteiger partial charge in [0, 0.05) is 18.0 Å². The minimum Gasteiger partial charge on any atom is -0.308 e. The molecule has 3 rings (SSSR count). The Bertz CT molecular complexity index is 767. The normalized spacial score (nSPS) is 17.2. The van der Waals surface area contributed by atoms with E-state index in [0.717, 1.165) is 11.3 Å². The van der Waals surface area contributed by atoms with Crippen molar-refractivity contribution in [3.63, 3.8) is 0 Å². The maximum absolute atomic E-state index is 13.3. The summed E-state index contributed by atoms with van der Waals surface area (Å²) < 4.78 is 13.3. The second-order valence-electron chi connectivity index (χ2n) is 6.30. The molecule has 0 aliphatic carbocycles. The monoisotopic (exact) mass is 378 g/mol. The number of carbonyl (C=O) groups is 1. The fourth-order valence-corrected chi connectivity index (χ4v) is 4.21. The van der Waals surface area contributed by atoms with Gasteiger partial charge in [-0.2, -0.15) is 0 Å². The van der Waals surface area contributed by atoms with Crippen molar-refractivity contribution in [2.24, 2.45) is 0 Å². The van der Waals surface area contributed by atoms with Crippen molar-refractivity contribution in [2.75, 3.05) is 17.6 Å². The zero-order valence-corrected chi connectivity index (χ0v) is 15.7. The van der Waals surface area contributed by atoms with Crippen LogP contribution in [0.4, 0.5) is 14.9 Å². The first-order valence-electron chi connectivity index (χ1n) is 8.20. The molecule has 132 valence electrons. The molecule has 1 atom stereocenters. The van der Waals surface area contributed by atoms with Crippen molar-refractivity contribution in [3.05, 3.63) is 64.4 Å². The number of carbonyl (C=O) groups excluding carboxylic acids is 1. The predicted octanol–water partition coefficient (Wildman–Crippen LogP) is 5.88. The zero-order valence-electron chi connectivity index (χ0n) is 14.1. The summed E-state index contributed by atoms with van der Waals surface area (Å²) in [5.41, 5.74) is 2.88. The van der Waals surface area contributed by atoms with E-state index in [4.69, 9.17) is 11.6 Å². The number of benzene rings is 2. The van der Waals surface area contributed by atoms with Crippen molar-refractivity contribution in [3.8, 4) is 0 Å². The molecule has 1 aliphatic heterocycles. The fraction of sp³-hybridized carbons (Fsp3) is 0.316. The first kappa shape index (κ1) is 18.1. The molecule has 1 unspecified atom stereocenters. The lowest BCUT2D eigenvalue weighted by molar-refractivity contribution is 0.214. The molecule has 25 heavy (non-hydrogen) atoms. The molecule has 1 N–H and O–H groups in total. The third-order valence-electron chi connectivity index (χ3n) is 4.21. The number of amides is 2. The van der Waals surface area contributed by atoms with Gasteiger partial charge in [0.2, 0.25) is 0 Å². The number of rotatable bonds is 3. The van der Waals surface area contributed by atoms with E-state index in [1.807, 2.05) is 0 Å². The number of urea groups is 1. The molecule has 6 heteroatoms. The van der Waals surface area contributed by atoms with Gasteiger partial charge in [0.15, 0.2) is 0 Å². The highest BCUT2D eigenvalue weighted by atomic mass is 35.5. The number of hydrogen-bond acceptors (Lipinski definition) is 2. The number of anilines is 1. The predicted molar refractivity (Wildman–Crippen MR) is 103 cm³/mol. The van der Waals surface area contributed by atoms with Gasteiger partial charge in [-0.25, -0.2) is 9.18 Å². The third-order valence-corrected chi connectivity index (χ3v) is 5.76. The summed E-state index contributed by atoms with van der Waals surface area (Å²) in [6.07, 6.45) is 0. The molecule has 1 aliphatic rings. The van der Waals surface area contributed by atoms with Gasteiger partial charge >= 0.3 is 6.03 Å². The second kappa shape index (κ2) is 7.67. The topological polar surface area (TPSA) is 32.3 Å². The summed E-state index contributed by atoms with van der Waals surface area (Å²) in [4.78, 5) is 14.4. The summed E-state index contributed by atoms with van der Waals surface area (Å²) in [6.45, 7) is 4.99. The van der Waals surface area contributed by atoms with Crippen molar-refractivity contribution in [2.45, 2.75) is 25.1 Å². The minimum atomic E-state index is -0.500. The van der Waals surface area contributed by atoms with E-state index in [9.17, 15) is 9.18 Å². The first-order valence-corrected chi connectivity index (χ1v) is 9.62. The maximum atomic E-state index is 13.3. The Hall–Kier alpha value is -1.72. The van der Waals surface area contributed by atoms with Crippen LogP contribution in [0, 0.1) is 5.82 Å². The molecule has 3 nitrogen and oxygen atoms in total. The summed E-state index contributed by atoms with van der Waals surface area (Å²) in [7, 11) is 0. The SMILES string of the molecule is CC(C)c1ccc(C2SCCN2C(=O)Nc2ccc(F)c(Cl)c2)cc1. The Labute approximate surface area is 156 Å². The molecule has 1 heterocycles. The van der Waals surface area contributed by atoms with Crippen molar-refractivity contribution in [1.29, 1.82) is 0 Å². The summed E-state index contributed by atoms with van der Waals surface area (Å²) in [6, 6.07) is 12.4. The van der Waals surface area contributed by atoms with Gasteiger partial charge < -0.3 is 10.2 Å². The van der Waals surface area contributed by atoms with Crippen LogP contribution in [0.2, 0.25) is 5.02 Å². The van der Waals surface area contributed by atoms with Crippen molar-refractivity contribution >= 4 is 35.1 Å². The van der Waals surface area contributed by atoms with Gasteiger partial charge in [-0.3, -0.25) is 0 Å². The number of nitrogens with zero attached hydrogens (tertiary/aromatic N) is 1. The van der Waals surface area contributed by atoms with Gasteiger partial charge in [-0.1, -0.05) is 49.7 Å². The molecule has 1 saturated heterocycles. The van der Waals surface area contributed by atoms with E-state index >= 15 is 0 Å². The summed E-state index contributed by atoms with van der Waals surface area (Å²) in [5.74, 6) is 0.862. The fourth-order valence-electron chi connectivity index (χ4n) is 2.77. The highest BCUT2D eigenvalue weighted by Crippen LogP contribution is 2.38. The Morgan fingerprint density at radius 3 is 2.64 bits per heavy atom. The Kier molecular flexibility index (Phi) is 5.54. The first-order chi connectivity index (χ1) is 12.0. The highest BCUT2D eigenvalue weighted by Gasteiger charge is 2.30. The van der Waals surface area contributed by atoms with Crippen LogP contribution >= 0.6 is 23.4 Å². The lowest BCUT2D eigenvalue weighted by Crippen LogP contribution is -2.34. The maximum Gasteiger partial charge on any atom is 0.323 e. The zero-order chi connectivity index (χ0) is 18.0. The lowest BCUT2D eigenvalue weighted by atomic mass is 10.0. The van der Waals surface area contributed by atoms with E-state index in [0.29, 0.717) is 18.2 Å². The molecule has 1 fully saturated rings. The van der Waals surface area contributed by atoms with E-state index in [-0.39, 0.29) is 16.4 Å². The van der Waals surface area contributed by atoms with Crippen LogP contribution in [0.25, 0.3) is 0 Å². The average Bonchev–Trinajstić information content (AvgIpc) is 3.08.